The van der Waals surface area contributed by atoms with Gasteiger partial charge in [-0.15, -0.1) is 12.4 Å². The summed E-state index contributed by atoms with van der Waals surface area (Å²) in [5, 5.41) is 8.06. The maximum absolute atomic E-state index is 8.06. The van der Waals surface area contributed by atoms with Crippen LogP contribution in [0.15, 0.2) is 12.4 Å². The molecule has 3 nitrogen and oxygen atoms in total. The Morgan fingerprint density at radius 1 is 1.47 bits per heavy atom. The van der Waals surface area contributed by atoms with Crippen LogP contribution in [-0.4, -0.2) is 20.8 Å². The van der Waals surface area contributed by atoms with Gasteiger partial charge in [0.1, 0.15) is 5.82 Å². The molecule has 0 aliphatic heterocycles. The first-order chi connectivity index (χ1) is 6.57. The van der Waals surface area contributed by atoms with E-state index in [4.69, 9.17) is 5.11 Å². The monoisotopic (exact) mass is 234 g/mol. The minimum absolute atomic E-state index is 0. The molecule has 0 aromatic carbocycles. The number of hydrogen-bond donors (Lipinski definition) is 1. The number of aromatic nitrogens is 2. The van der Waals surface area contributed by atoms with Crippen LogP contribution in [0.2, 0.25) is 0 Å². The number of imidazole rings is 1. The van der Waals surface area contributed by atoms with E-state index in [2.05, 4.69) is 16.5 Å². The van der Waals surface area contributed by atoms with E-state index in [1.54, 1.807) is 13.8 Å². The lowest BCUT2D eigenvalue weighted by atomic mass is 10.2. The van der Waals surface area contributed by atoms with E-state index in [0.717, 1.165) is 6.42 Å². The number of aliphatic hydroxyl groups is 1. The van der Waals surface area contributed by atoms with Gasteiger partial charge in [0.05, 0.1) is 0 Å². The van der Waals surface area contributed by atoms with Gasteiger partial charge in [-0.2, -0.15) is 0 Å². The number of nitrogens with zero attached hydrogens (tertiary/aromatic N) is 2. The number of rotatable bonds is 3. The van der Waals surface area contributed by atoms with Crippen LogP contribution in [0.4, 0.5) is 0 Å². The maximum Gasteiger partial charge on any atom is 0.108 e. The van der Waals surface area contributed by atoms with Crippen LogP contribution >= 0.6 is 12.4 Å². The Morgan fingerprint density at radius 3 is 2.33 bits per heavy atom. The zero-order chi connectivity index (χ0) is 11.0. The van der Waals surface area contributed by atoms with Gasteiger partial charge in [-0.1, -0.05) is 13.3 Å². The molecule has 90 valence electrons. The van der Waals surface area contributed by atoms with Crippen molar-refractivity contribution < 1.29 is 5.11 Å². The summed E-state index contributed by atoms with van der Waals surface area (Å²) in [5.74, 6) is 1.20. The van der Waals surface area contributed by atoms with Crippen molar-refractivity contribution in [3.63, 3.8) is 0 Å². The molecule has 4 heteroatoms. The third-order valence-corrected chi connectivity index (χ3v) is 1.67. The molecular weight excluding hydrogens is 212 g/mol. The van der Waals surface area contributed by atoms with Crippen molar-refractivity contribution in [3.05, 3.63) is 18.2 Å². The summed E-state index contributed by atoms with van der Waals surface area (Å²) in [6, 6.07) is 0. The highest BCUT2D eigenvalue weighted by Crippen LogP contribution is 2.00. The summed E-state index contributed by atoms with van der Waals surface area (Å²) >= 11 is 0. The Balaban J connectivity index is 0. The van der Waals surface area contributed by atoms with E-state index in [9.17, 15) is 0 Å². The lowest BCUT2D eigenvalue weighted by molar-refractivity contribution is 0.216. The predicted octanol–water partition coefficient (Wildman–Crippen LogP) is 2.57. The third kappa shape index (κ3) is 9.76. The smallest absolute Gasteiger partial charge is 0.108 e. The molecule has 15 heavy (non-hydrogen) atoms. The number of halogens is 1. The molecule has 0 aliphatic rings. The molecule has 0 spiro atoms. The van der Waals surface area contributed by atoms with Crippen molar-refractivity contribution in [1.82, 2.24) is 9.55 Å². The molecule has 0 saturated heterocycles. The molecule has 0 bridgehead atoms. The van der Waals surface area contributed by atoms with Crippen LogP contribution in [0.25, 0.3) is 0 Å². The quantitative estimate of drug-likeness (QED) is 0.873. The van der Waals surface area contributed by atoms with E-state index in [0.29, 0.717) is 0 Å². The van der Waals surface area contributed by atoms with Crippen LogP contribution < -0.4 is 0 Å². The van der Waals surface area contributed by atoms with Crippen LogP contribution in [-0.2, 0) is 13.5 Å². The van der Waals surface area contributed by atoms with Crippen LogP contribution in [0.1, 0.15) is 39.4 Å². The van der Waals surface area contributed by atoms with Crippen molar-refractivity contribution in [2.24, 2.45) is 7.05 Å². The lowest BCUT2D eigenvalue weighted by Crippen LogP contribution is -1.96. The first-order valence-corrected chi connectivity index (χ1v) is 5.22. The van der Waals surface area contributed by atoms with Crippen molar-refractivity contribution in [3.8, 4) is 0 Å². The highest BCUT2D eigenvalue weighted by molar-refractivity contribution is 5.85. The fourth-order valence-corrected chi connectivity index (χ4v) is 0.972. The Labute approximate surface area is 98.9 Å². The minimum Gasteiger partial charge on any atom is -0.394 e. The van der Waals surface area contributed by atoms with Gasteiger partial charge in [0.15, 0.2) is 0 Å². The summed E-state index contributed by atoms with van der Waals surface area (Å²) in [4.78, 5) is 4.22. The van der Waals surface area contributed by atoms with E-state index < -0.39 is 0 Å². The fraction of sp³-hybridized carbons (Fsp3) is 0.727. The molecular formula is C11H23ClN2O. The van der Waals surface area contributed by atoms with Crippen molar-refractivity contribution in [2.75, 3.05) is 0 Å². The molecule has 0 unspecified atom stereocenters. The van der Waals surface area contributed by atoms with Gasteiger partial charge in [-0.25, -0.2) is 4.98 Å². The van der Waals surface area contributed by atoms with E-state index in [-0.39, 0.29) is 18.5 Å². The second kappa shape index (κ2) is 9.99. The molecule has 0 atom stereocenters. The predicted molar refractivity (Wildman–Crippen MR) is 66.4 cm³/mol. The molecule has 1 aromatic heterocycles. The topological polar surface area (TPSA) is 38.1 Å². The summed E-state index contributed by atoms with van der Waals surface area (Å²) in [7, 11) is 2.04. The summed E-state index contributed by atoms with van der Waals surface area (Å²) in [6.07, 6.45) is 7.27. The zero-order valence-electron chi connectivity index (χ0n) is 10.1. The Bertz CT molecular complexity index is 233. The summed E-state index contributed by atoms with van der Waals surface area (Å²) < 4.78 is 2.08. The van der Waals surface area contributed by atoms with Gasteiger partial charge >= 0.3 is 0 Å². The average molecular weight is 235 g/mol. The van der Waals surface area contributed by atoms with Crippen LogP contribution in [0.5, 0.6) is 0 Å². The van der Waals surface area contributed by atoms with Gasteiger partial charge in [-0.05, 0) is 20.3 Å². The van der Waals surface area contributed by atoms with E-state index in [1.165, 1.54) is 18.7 Å². The number of aryl methyl sites for hydroxylation is 2. The Hall–Kier alpha value is -0.540. The van der Waals surface area contributed by atoms with E-state index in [1.807, 2.05) is 19.4 Å². The van der Waals surface area contributed by atoms with Gasteiger partial charge in [0, 0.05) is 32.0 Å². The summed E-state index contributed by atoms with van der Waals surface area (Å²) in [6.45, 7) is 5.64. The molecule has 0 amide bonds. The van der Waals surface area contributed by atoms with Crippen molar-refractivity contribution in [2.45, 2.75) is 46.1 Å². The fourth-order valence-electron chi connectivity index (χ4n) is 0.972. The molecule has 1 rings (SSSR count). The second-order valence-corrected chi connectivity index (χ2v) is 3.65. The van der Waals surface area contributed by atoms with E-state index >= 15 is 0 Å². The highest BCUT2D eigenvalue weighted by atomic mass is 35.5. The van der Waals surface area contributed by atoms with Crippen molar-refractivity contribution in [1.29, 1.82) is 0 Å². The van der Waals surface area contributed by atoms with Crippen LogP contribution in [0, 0.1) is 0 Å². The molecule has 0 fully saturated rings. The molecule has 1 N–H and O–H groups in total. The molecule has 0 saturated carbocycles. The lowest BCUT2D eigenvalue weighted by Gasteiger charge is -1.97. The average Bonchev–Trinajstić information content (AvgIpc) is 2.47. The first kappa shape index (κ1) is 16.9. The first-order valence-electron chi connectivity index (χ1n) is 5.22. The number of unbranched alkanes of at least 4 members (excludes halogenated alkanes) is 1. The molecule has 1 aromatic rings. The van der Waals surface area contributed by atoms with Gasteiger partial charge in [-0.3, -0.25) is 0 Å². The van der Waals surface area contributed by atoms with Crippen molar-refractivity contribution >= 4 is 12.4 Å². The normalized spacial score (nSPS) is 9.20. The SMILES string of the molecule is CC(C)O.CCCCc1nccn1C.Cl. The number of aliphatic hydroxyl groups excluding tert-OH is 1. The summed E-state index contributed by atoms with van der Waals surface area (Å²) in [5.41, 5.74) is 0. The van der Waals surface area contributed by atoms with Gasteiger partial charge < -0.3 is 9.67 Å². The zero-order valence-corrected chi connectivity index (χ0v) is 10.9. The number of hydrogen-bond acceptors (Lipinski definition) is 2. The maximum atomic E-state index is 8.06. The Morgan fingerprint density at radius 2 is 2.00 bits per heavy atom. The second-order valence-electron chi connectivity index (χ2n) is 3.65. The molecule has 0 radical (unpaired) electrons. The molecule has 1 heterocycles. The van der Waals surface area contributed by atoms with Gasteiger partial charge in [0.2, 0.25) is 0 Å². The van der Waals surface area contributed by atoms with Crippen LogP contribution in [0.3, 0.4) is 0 Å². The Kier molecular flexibility index (Phi) is 11.2. The largest absolute Gasteiger partial charge is 0.394 e. The highest BCUT2D eigenvalue weighted by Gasteiger charge is 1.95. The van der Waals surface area contributed by atoms with Gasteiger partial charge in [0.25, 0.3) is 0 Å². The third-order valence-electron chi connectivity index (χ3n) is 1.67. The minimum atomic E-state index is -0.167. The standard InChI is InChI=1S/C8H14N2.C3H8O.ClH/c1-3-4-5-8-9-6-7-10(8)2;1-3(2)4;/h6-7H,3-5H2,1-2H3;3-4H,1-2H3;1H. The molecule has 0 aliphatic carbocycles.